The van der Waals surface area contributed by atoms with E-state index in [1.165, 1.54) is 11.5 Å². The van der Waals surface area contributed by atoms with Gasteiger partial charge < -0.3 is 9.47 Å². The third kappa shape index (κ3) is 3.42. The molecule has 0 saturated carbocycles. The van der Waals surface area contributed by atoms with E-state index in [4.69, 9.17) is 0 Å². The summed E-state index contributed by atoms with van der Waals surface area (Å²) in [5, 5.41) is 1.17. The van der Waals surface area contributed by atoms with E-state index < -0.39 is 0 Å². The zero-order valence-electron chi connectivity index (χ0n) is 13.1. The van der Waals surface area contributed by atoms with E-state index in [-0.39, 0.29) is 18.3 Å². The van der Waals surface area contributed by atoms with Gasteiger partial charge in [-0.1, -0.05) is 36.4 Å². The maximum atomic E-state index is 13.7. The van der Waals surface area contributed by atoms with Gasteiger partial charge in [0.15, 0.2) is 0 Å². The topological polar surface area (TPSA) is 25.2 Å². The van der Waals surface area contributed by atoms with Crippen LogP contribution in [0.4, 0.5) is 4.39 Å². The molecule has 0 radical (unpaired) electrons. The number of carbonyl (C=O) groups excluding carboxylic acids is 1. The first kappa shape index (κ1) is 15.3. The van der Waals surface area contributed by atoms with Crippen molar-refractivity contribution in [3.63, 3.8) is 0 Å². The molecule has 3 nitrogen and oxygen atoms in total. The molecule has 0 saturated heterocycles. The van der Waals surface area contributed by atoms with Crippen LogP contribution in [0.15, 0.2) is 60.8 Å². The zero-order valence-corrected chi connectivity index (χ0v) is 13.1. The summed E-state index contributed by atoms with van der Waals surface area (Å²) in [6.45, 7) is 0.909. The molecule has 0 unspecified atom stereocenters. The Kier molecular flexibility index (Phi) is 4.42. The lowest BCUT2D eigenvalue weighted by Gasteiger charge is -2.18. The number of rotatable bonds is 5. The summed E-state index contributed by atoms with van der Waals surface area (Å²) in [6.07, 6.45) is 2.39. The predicted octanol–water partition coefficient (Wildman–Crippen LogP) is 3.83. The van der Waals surface area contributed by atoms with Gasteiger partial charge in [0.1, 0.15) is 5.82 Å². The first-order valence-electron chi connectivity index (χ1n) is 7.66. The first-order valence-corrected chi connectivity index (χ1v) is 7.66. The van der Waals surface area contributed by atoms with Crippen LogP contribution in [0.1, 0.15) is 12.0 Å². The third-order valence-electron chi connectivity index (χ3n) is 4.04. The minimum Gasteiger partial charge on any atom is -0.347 e. The van der Waals surface area contributed by atoms with Gasteiger partial charge in [0, 0.05) is 43.8 Å². The van der Waals surface area contributed by atoms with Crippen LogP contribution < -0.4 is 0 Å². The summed E-state index contributed by atoms with van der Waals surface area (Å²) in [5.74, 6) is -0.269. The number of para-hydroxylation sites is 1. The number of hydrogen-bond donors (Lipinski definition) is 0. The van der Waals surface area contributed by atoms with E-state index in [0.29, 0.717) is 18.5 Å². The van der Waals surface area contributed by atoms with Crippen molar-refractivity contribution in [3.8, 4) is 0 Å². The Morgan fingerprint density at radius 2 is 1.83 bits per heavy atom. The van der Waals surface area contributed by atoms with Gasteiger partial charge in [-0.2, -0.15) is 0 Å². The molecule has 1 heterocycles. The fourth-order valence-corrected chi connectivity index (χ4v) is 2.71. The highest BCUT2D eigenvalue weighted by Crippen LogP contribution is 2.16. The van der Waals surface area contributed by atoms with Crippen LogP contribution in [0.5, 0.6) is 0 Å². The molecular formula is C19H19FN2O. The van der Waals surface area contributed by atoms with Crippen LogP contribution in [0.25, 0.3) is 10.9 Å². The first-order chi connectivity index (χ1) is 11.1. The molecule has 4 heteroatoms. The van der Waals surface area contributed by atoms with E-state index in [9.17, 15) is 9.18 Å². The smallest absolute Gasteiger partial charge is 0.224 e. The second-order valence-electron chi connectivity index (χ2n) is 5.66. The average Bonchev–Trinajstić information content (AvgIpc) is 2.98. The van der Waals surface area contributed by atoms with Crippen LogP contribution in [0, 0.1) is 5.82 Å². The second-order valence-corrected chi connectivity index (χ2v) is 5.66. The highest BCUT2D eigenvalue weighted by Gasteiger charge is 2.12. The molecule has 1 aromatic heterocycles. The number of carbonyl (C=O) groups is 1. The monoisotopic (exact) mass is 310 g/mol. The van der Waals surface area contributed by atoms with Gasteiger partial charge in [0.05, 0.1) is 0 Å². The lowest BCUT2D eigenvalue weighted by molar-refractivity contribution is -0.130. The number of amides is 1. The standard InChI is InChI=1S/C19H19FN2O/c1-21(14-16-7-2-4-8-17(16)20)19(23)11-13-22-12-10-15-6-3-5-9-18(15)22/h2-10,12H,11,13-14H2,1H3. The summed E-state index contributed by atoms with van der Waals surface area (Å²) in [5.41, 5.74) is 1.66. The minimum absolute atomic E-state index is 0.00559. The van der Waals surface area contributed by atoms with E-state index >= 15 is 0 Å². The van der Waals surface area contributed by atoms with Crippen LogP contribution in [-0.2, 0) is 17.9 Å². The van der Waals surface area contributed by atoms with Gasteiger partial charge in [-0.05, 0) is 23.6 Å². The lowest BCUT2D eigenvalue weighted by Crippen LogP contribution is -2.27. The number of hydrogen-bond acceptors (Lipinski definition) is 1. The Morgan fingerprint density at radius 3 is 2.65 bits per heavy atom. The lowest BCUT2D eigenvalue weighted by atomic mass is 10.2. The summed E-state index contributed by atoms with van der Waals surface area (Å²) in [4.78, 5) is 13.9. The van der Waals surface area contributed by atoms with Gasteiger partial charge in [-0.3, -0.25) is 4.79 Å². The Bertz CT molecular complexity index is 825. The van der Waals surface area contributed by atoms with E-state index in [1.54, 1.807) is 30.1 Å². The summed E-state index contributed by atoms with van der Waals surface area (Å²) >= 11 is 0. The number of nitrogens with zero attached hydrogens (tertiary/aromatic N) is 2. The van der Waals surface area contributed by atoms with Crippen LogP contribution in [-0.4, -0.2) is 22.4 Å². The molecule has 3 aromatic rings. The van der Waals surface area contributed by atoms with Crippen molar-refractivity contribution in [2.24, 2.45) is 0 Å². The van der Waals surface area contributed by atoms with Gasteiger partial charge in [-0.15, -0.1) is 0 Å². The average molecular weight is 310 g/mol. The fourth-order valence-electron chi connectivity index (χ4n) is 2.71. The molecule has 1 amide bonds. The second kappa shape index (κ2) is 6.65. The molecule has 0 aliphatic carbocycles. The van der Waals surface area contributed by atoms with Gasteiger partial charge in [0.25, 0.3) is 0 Å². The van der Waals surface area contributed by atoms with E-state index in [1.807, 2.05) is 30.5 Å². The molecule has 0 fully saturated rings. The third-order valence-corrected chi connectivity index (χ3v) is 4.04. The number of halogens is 1. The van der Waals surface area contributed by atoms with Crippen molar-refractivity contribution in [1.82, 2.24) is 9.47 Å². The van der Waals surface area contributed by atoms with Crippen molar-refractivity contribution in [2.75, 3.05) is 7.05 Å². The number of aryl methyl sites for hydroxylation is 1. The number of aromatic nitrogens is 1. The Hall–Kier alpha value is -2.62. The van der Waals surface area contributed by atoms with Gasteiger partial charge in [-0.25, -0.2) is 4.39 Å². The summed E-state index contributed by atoms with van der Waals surface area (Å²) in [6, 6.07) is 16.7. The molecule has 0 N–H and O–H groups in total. The van der Waals surface area contributed by atoms with Crippen molar-refractivity contribution in [1.29, 1.82) is 0 Å². The molecule has 0 aliphatic heterocycles. The number of fused-ring (bicyclic) bond motifs is 1. The SMILES string of the molecule is CN(Cc1ccccc1F)C(=O)CCn1ccc2ccccc21. The van der Waals surface area contributed by atoms with Crippen molar-refractivity contribution < 1.29 is 9.18 Å². The molecule has 0 aliphatic rings. The van der Waals surface area contributed by atoms with Crippen LogP contribution >= 0.6 is 0 Å². The van der Waals surface area contributed by atoms with Gasteiger partial charge in [0.2, 0.25) is 5.91 Å². The molecule has 2 aromatic carbocycles. The Morgan fingerprint density at radius 1 is 1.09 bits per heavy atom. The summed E-state index contributed by atoms with van der Waals surface area (Å²) in [7, 11) is 1.71. The minimum atomic E-state index is -0.274. The van der Waals surface area contributed by atoms with Gasteiger partial charge >= 0.3 is 0 Å². The van der Waals surface area contributed by atoms with Crippen molar-refractivity contribution in [2.45, 2.75) is 19.5 Å². The molecule has 0 bridgehead atoms. The van der Waals surface area contributed by atoms with E-state index in [0.717, 1.165) is 5.52 Å². The van der Waals surface area contributed by atoms with E-state index in [2.05, 4.69) is 10.6 Å². The predicted molar refractivity (Wildman–Crippen MR) is 89.4 cm³/mol. The Labute approximate surface area is 135 Å². The molecule has 118 valence electrons. The van der Waals surface area contributed by atoms with Crippen molar-refractivity contribution >= 4 is 16.8 Å². The molecule has 0 spiro atoms. The summed E-state index contributed by atoms with van der Waals surface area (Å²) < 4.78 is 15.7. The largest absolute Gasteiger partial charge is 0.347 e. The Balaban J connectivity index is 1.62. The fraction of sp³-hybridized carbons (Fsp3) is 0.211. The zero-order chi connectivity index (χ0) is 16.2. The maximum absolute atomic E-state index is 13.7. The van der Waals surface area contributed by atoms with Crippen LogP contribution in [0.3, 0.4) is 0 Å². The quantitative estimate of drug-likeness (QED) is 0.703. The normalized spacial score (nSPS) is 10.9. The number of benzene rings is 2. The highest BCUT2D eigenvalue weighted by atomic mass is 19.1. The van der Waals surface area contributed by atoms with Crippen molar-refractivity contribution in [3.05, 3.63) is 72.2 Å². The maximum Gasteiger partial charge on any atom is 0.224 e. The van der Waals surface area contributed by atoms with Crippen LogP contribution in [0.2, 0.25) is 0 Å². The molecule has 23 heavy (non-hydrogen) atoms. The molecule has 3 rings (SSSR count). The molecule has 0 atom stereocenters. The molecular weight excluding hydrogens is 291 g/mol. The highest BCUT2D eigenvalue weighted by molar-refractivity contribution is 5.80.